The molecule has 0 radical (unpaired) electrons. The van der Waals surface area contributed by atoms with Gasteiger partial charge in [-0.15, -0.1) is 0 Å². The summed E-state index contributed by atoms with van der Waals surface area (Å²) in [6.07, 6.45) is -2.28. The molecule has 18 heavy (non-hydrogen) atoms. The van der Waals surface area contributed by atoms with E-state index in [1.54, 1.807) is 0 Å². The highest BCUT2D eigenvalue weighted by molar-refractivity contribution is 7.10. The lowest BCUT2D eigenvalue weighted by molar-refractivity contribution is 0.0994. The Bertz CT molecular complexity index is 622. The zero-order chi connectivity index (χ0) is 12.5. The highest BCUT2D eigenvalue weighted by atomic mass is 32.1. The molecule has 0 bridgehead atoms. The van der Waals surface area contributed by atoms with Crippen molar-refractivity contribution >= 4 is 23.8 Å². The summed E-state index contributed by atoms with van der Waals surface area (Å²) in [6, 6.07) is 9.19. The molecule has 1 aliphatic heterocycles. The SMILES string of the molecule is O=C1OC(=O)Oc2c(nsc2-c2ccccc2)O1. The Morgan fingerprint density at radius 1 is 0.944 bits per heavy atom. The topological polar surface area (TPSA) is 74.7 Å². The van der Waals surface area contributed by atoms with E-state index in [0.717, 1.165) is 17.1 Å². The average molecular weight is 263 g/mol. The molecule has 90 valence electrons. The Morgan fingerprint density at radius 3 is 2.44 bits per heavy atom. The summed E-state index contributed by atoms with van der Waals surface area (Å²) in [5, 5.41) is 0. The molecule has 2 aromatic rings. The molecule has 0 saturated carbocycles. The Kier molecular flexibility index (Phi) is 2.45. The lowest BCUT2D eigenvalue weighted by Gasteiger charge is -2.00. The van der Waals surface area contributed by atoms with E-state index in [2.05, 4.69) is 9.11 Å². The Hall–Kier alpha value is -2.41. The Morgan fingerprint density at radius 2 is 1.67 bits per heavy atom. The van der Waals surface area contributed by atoms with Crippen molar-refractivity contribution < 1.29 is 23.8 Å². The first-order valence-corrected chi connectivity index (χ1v) is 5.68. The summed E-state index contributed by atoms with van der Waals surface area (Å²) >= 11 is 1.07. The minimum atomic E-state index is -1.15. The second kappa shape index (κ2) is 4.11. The van der Waals surface area contributed by atoms with Gasteiger partial charge in [0.15, 0.2) is 0 Å². The highest BCUT2D eigenvalue weighted by Gasteiger charge is 2.29. The van der Waals surface area contributed by atoms with E-state index in [1.807, 2.05) is 30.3 Å². The maximum atomic E-state index is 11.2. The zero-order valence-corrected chi connectivity index (χ0v) is 9.60. The number of ether oxygens (including phenoxy) is 3. The molecule has 1 aliphatic rings. The summed E-state index contributed by atoms with van der Waals surface area (Å²) in [5.41, 5.74) is 0.807. The molecule has 0 saturated heterocycles. The average Bonchev–Trinajstić information content (AvgIpc) is 2.66. The molecule has 3 rings (SSSR count). The summed E-state index contributed by atoms with van der Waals surface area (Å²) in [5.74, 6) is 0.0387. The van der Waals surface area contributed by atoms with Crippen molar-refractivity contribution in [3.8, 4) is 22.1 Å². The number of carbonyl (C=O) groups excluding carboxylic acids is 2. The van der Waals surface area contributed by atoms with Gasteiger partial charge in [0.2, 0.25) is 5.75 Å². The van der Waals surface area contributed by atoms with Gasteiger partial charge in [-0.2, -0.15) is 4.37 Å². The van der Waals surface area contributed by atoms with Gasteiger partial charge < -0.3 is 14.2 Å². The van der Waals surface area contributed by atoms with Crippen molar-refractivity contribution in [3.63, 3.8) is 0 Å². The summed E-state index contributed by atoms with van der Waals surface area (Å²) in [7, 11) is 0. The number of aromatic nitrogens is 1. The van der Waals surface area contributed by atoms with Crippen LogP contribution < -0.4 is 9.47 Å². The maximum absolute atomic E-state index is 11.2. The molecule has 0 N–H and O–H groups in total. The van der Waals surface area contributed by atoms with Gasteiger partial charge in [-0.05, 0) is 17.1 Å². The molecule has 0 fully saturated rings. The van der Waals surface area contributed by atoms with Crippen molar-refractivity contribution in [2.24, 2.45) is 0 Å². The van der Waals surface area contributed by atoms with Gasteiger partial charge in [-0.3, -0.25) is 0 Å². The fraction of sp³-hybridized carbons (Fsp3) is 0. The molecule has 0 atom stereocenters. The lowest BCUT2D eigenvalue weighted by Crippen LogP contribution is -2.15. The molecule has 0 amide bonds. The first kappa shape index (κ1) is 10.7. The van der Waals surface area contributed by atoms with Crippen LogP contribution in [-0.4, -0.2) is 16.7 Å². The number of carbonyl (C=O) groups is 2. The summed E-state index contributed by atoms with van der Waals surface area (Å²) < 4.78 is 17.7. The highest BCUT2D eigenvalue weighted by Crippen LogP contribution is 2.42. The fourth-order valence-electron chi connectivity index (χ4n) is 1.47. The van der Waals surface area contributed by atoms with Crippen molar-refractivity contribution in [1.29, 1.82) is 0 Å². The van der Waals surface area contributed by atoms with Crippen LogP contribution in [0.3, 0.4) is 0 Å². The van der Waals surface area contributed by atoms with Crippen molar-refractivity contribution in [3.05, 3.63) is 30.3 Å². The second-order valence-electron chi connectivity index (χ2n) is 3.32. The van der Waals surface area contributed by atoms with E-state index < -0.39 is 12.3 Å². The zero-order valence-electron chi connectivity index (χ0n) is 8.78. The van der Waals surface area contributed by atoms with Crippen molar-refractivity contribution in [2.45, 2.75) is 0 Å². The molecule has 1 aromatic heterocycles. The molecular weight excluding hydrogens is 258 g/mol. The maximum Gasteiger partial charge on any atom is 0.525 e. The van der Waals surface area contributed by atoms with Gasteiger partial charge in [0.1, 0.15) is 4.88 Å². The van der Waals surface area contributed by atoms with Gasteiger partial charge in [-0.25, -0.2) is 9.59 Å². The minimum absolute atomic E-state index is 0.0605. The van der Waals surface area contributed by atoms with E-state index in [1.165, 1.54) is 0 Å². The Balaban J connectivity index is 2.10. The van der Waals surface area contributed by atoms with Crippen LogP contribution in [-0.2, 0) is 4.74 Å². The normalized spacial score (nSPS) is 14.0. The van der Waals surface area contributed by atoms with Crippen LogP contribution in [0.15, 0.2) is 30.3 Å². The number of fused-ring (bicyclic) bond motifs is 1. The Labute approximate surface area is 105 Å². The molecule has 7 heteroatoms. The van der Waals surface area contributed by atoms with Crippen LogP contribution in [0.5, 0.6) is 11.6 Å². The third-order valence-electron chi connectivity index (χ3n) is 2.19. The predicted octanol–water partition coefficient (Wildman–Crippen LogP) is 2.84. The number of hydrogen-bond donors (Lipinski definition) is 0. The standard InChI is InChI=1S/C11H5NO5S/c13-10-15-7-8(6-4-2-1-3-5-6)18-12-9(7)16-11(14)17-10/h1-5H. The third-order valence-corrected chi connectivity index (χ3v) is 3.05. The van der Waals surface area contributed by atoms with E-state index in [-0.39, 0.29) is 11.6 Å². The van der Waals surface area contributed by atoms with Crippen molar-refractivity contribution in [2.75, 3.05) is 0 Å². The molecule has 1 aromatic carbocycles. The van der Waals surface area contributed by atoms with E-state index in [9.17, 15) is 9.59 Å². The molecular formula is C11H5NO5S. The van der Waals surface area contributed by atoms with Crippen LogP contribution in [0.4, 0.5) is 9.59 Å². The quantitative estimate of drug-likeness (QED) is 0.581. The lowest BCUT2D eigenvalue weighted by atomic mass is 10.2. The van der Waals surface area contributed by atoms with Gasteiger partial charge in [-0.1, -0.05) is 30.3 Å². The van der Waals surface area contributed by atoms with E-state index in [0.29, 0.717) is 4.88 Å². The van der Waals surface area contributed by atoms with Gasteiger partial charge >= 0.3 is 12.3 Å². The van der Waals surface area contributed by atoms with Crippen molar-refractivity contribution in [1.82, 2.24) is 4.37 Å². The number of rotatable bonds is 1. The molecule has 0 aliphatic carbocycles. The number of nitrogens with zero attached hydrogens (tertiary/aromatic N) is 1. The van der Waals surface area contributed by atoms with Gasteiger partial charge in [0.05, 0.1) is 0 Å². The van der Waals surface area contributed by atoms with Crippen LogP contribution in [0.2, 0.25) is 0 Å². The number of hydrogen-bond acceptors (Lipinski definition) is 7. The first-order valence-electron chi connectivity index (χ1n) is 4.90. The minimum Gasteiger partial charge on any atom is -0.387 e. The van der Waals surface area contributed by atoms with Gasteiger partial charge in [0.25, 0.3) is 5.88 Å². The number of benzene rings is 1. The molecule has 6 nitrogen and oxygen atoms in total. The molecule has 0 unspecified atom stereocenters. The predicted molar refractivity (Wildman–Crippen MR) is 60.7 cm³/mol. The van der Waals surface area contributed by atoms with E-state index >= 15 is 0 Å². The summed E-state index contributed by atoms with van der Waals surface area (Å²) in [4.78, 5) is 22.8. The smallest absolute Gasteiger partial charge is 0.387 e. The van der Waals surface area contributed by atoms with Crippen LogP contribution in [0.25, 0.3) is 10.4 Å². The molecule has 2 heterocycles. The van der Waals surface area contributed by atoms with Crippen LogP contribution in [0, 0.1) is 0 Å². The first-order chi connectivity index (χ1) is 8.74. The van der Waals surface area contributed by atoms with E-state index in [4.69, 9.17) is 9.47 Å². The largest absolute Gasteiger partial charge is 0.525 e. The fourth-order valence-corrected chi connectivity index (χ4v) is 2.22. The molecule has 0 spiro atoms. The second-order valence-corrected chi connectivity index (χ2v) is 4.09. The number of cyclic esters (lactones) is 2. The third kappa shape index (κ3) is 1.80. The van der Waals surface area contributed by atoms with Crippen LogP contribution in [0.1, 0.15) is 0 Å². The monoisotopic (exact) mass is 263 g/mol. The van der Waals surface area contributed by atoms with Gasteiger partial charge in [0, 0.05) is 0 Å². The summed E-state index contributed by atoms with van der Waals surface area (Å²) in [6.45, 7) is 0. The van der Waals surface area contributed by atoms with Crippen LogP contribution >= 0.6 is 11.5 Å².